The van der Waals surface area contributed by atoms with Gasteiger partial charge in [0.05, 0.1) is 10.2 Å². The minimum absolute atomic E-state index is 0.110. The quantitative estimate of drug-likeness (QED) is 0.678. The van der Waals surface area contributed by atoms with Crippen LogP contribution in [0.1, 0.15) is 24.2 Å². The first-order valence-electron chi connectivity index (χ1n) is 7.67. The third-order valence-electron chi connectivity index (χ3n) is 3.58. The predicted octanol–water partition coefficient (Wildman–Crippen LogP) is 4.18. The molecule has 0 saturated heterocycles. The first-order chi connectivity index (χ1) is 12.3. The van der Waals surface area contributed by atoms with Crippen molar-refractivity contribution in [3.63, 3.8) is 0 Å². The maximum Gasteiger partial charge on any atom is 0.266 e. The van der Waals surface area contributed by atoms with Crippen molar-refractivity contribution in [2.24, 2.45) is 0 Å². The molecule has 1 aromatic heterocycles. The van der Waals surface area contributed by atoms with Gasteiger partial charge in [0.2, 0.25) is 0 Å². The van der Waals surface area contributed by atoms with E-state index in [2.05, 4.69) is 10.3 Å². The normalized spacial score (nSPS) is 12.0. The molecule has 1 heterocycles. The van der Waals surface area contributed by atoms with Crippen LogP contribution in [-0.4, -0.2) is 22.8 Å². The Labute approximate surface area is 151 Å². The Bertz CT molecular complexity index is 964. The van der Waals surface area contributed by atoms with Crippen LogP contribution in [0.5, 0.6) is 5.75 Å². The highest BCUT2D eigenvalue weighted by atomic mass is 32.1. The van der Waals surface area contributed by atoms with Gasteiger partial charge in [0.1, 0.15) is 5.75 Å². The Morgan fingerprint density at radius 2 is 1.92 bits per heavy atom. The minimum atomic E-state index is -0.997. The Morgan fingerprint density at radius 3 is 2.65 bits per heavy atom. The van der Waals surface area contributed by atoms with Crippen molar-refractivity contribution in [1.82, 2.24) is 4.98 Å². The lowest BCUT2D eigenvalue weighted by atomic mass is 10.1. The average Bonchev–Trinajstić information content (AvgIpc) is 2.96. The van der Waals surface area contributed by atoms with Crippen molar-refractivity contribution in [3.05, 3.63) is 53.6 Å². The van der Waals surface area contributed by atoms with Gasteiger partial charge >= 0.3 is 0 Å². The molecule has 1 amide bonds. The van der Waals surface area contributed by atoms with Crippen LogP contribution in [0.25, 0.3) is 10.2 Å². The molecule has 0 aliphatic heterocycles. The van der Waals surface area contributed by atoms with Crippen LogP contribution < -0.4 is 10.1 Å². The van der Waals surface area contributed by atoms with Crippen LogP contribution in [0.3, 0.4) is 0 Å². The van der Waals surface area contributed by atoms with E-state index >= 15 is 0 Å². The highest BCUT2D eigenvalue weighted by molar-refractivity contribution is 7.22. The Balaban J connectivity index is 1.71. The molecule has 1 N–H and O–H groups in total. The molecule has 1 unspecified atom stereocenters. The molecular weight excluding hydrogens is 362 g/mol. The zero-order valence-corrected chi connectivity index (χ0v) is 14.7. The van der Waals surface area contributed by atoms with E-state index in [9.17, 15) is 18.4 Å². The lowest BCUT2D eigenvalue weighted by molar-refractivity contribution is -0.122. The molecule has 0 fully saturated rings. The van der Waals surface area contributed by atoms with E-state index in [1.54, 1.807) is 31.2 Å². The molecule has 0 aliphatic rings. The number of nitrogens with zero attached hydrogens (tertiary/aromatic N) is 1. The summed E-state index contributed by atoms with van der Waals surface area (Å²) in [6.07, 6.45) is -0.863. The van der Waals surface area contributed by atoms with Crippen molar-refractivity contribution in [1.29, 1.82) is 0 Å². The third kappa shape index (κ3) is 3.85. The number of anilines is 1. The van der Waals surface area contributed by atoms with Gasteiger partial charge in [-0.1, -0.05) is 23.5 Å². The van der Waals surface area contributed by atoms with E-state index in [4.69, 9.17) is 4.74 Å². The smallest absolute Gasteiger partial charge is 0.266 e. The highest BCUT2D eigenvalue weighted by Crippen LogP contribution is 2.28. The van der Waals surface area contributed by atoms with Gasteiger partial charge in [-0.2, -0.15) is 0 Å². The molecule has 0 saturated carbocycles. The third-order valence-corrected chi connectivity index (χ3v) is 4.52. The zero-order valence-electron chi connectivity index (χ0n) is 13.9. The number of fused-ring (bicyclic) bond motifs is 1. The van der Waals surface area contributed by atoms with Crippen molar-refractivity contribution >= 4 is 38.4 Å². The number of hydrogen-bond acceptors (Lipinski definition) is 5. The monoisotopic (exact) mass is 376 g/mol. The van der Waals surface area contributed by atoms with E-state index in [0.717, 1.165) is 23.5 Å². The average molecular weight is 376 g/mol. The maximum atomic E-state index is 13.3. The number of benzene rings is 2. The number of halogens is 2. The van der Waals surface area contributed by atoms with E-state index in [1.165, 1.54) is 6.92 Å². The number of nitrogens with one attached hydrogen (secondary N) is 1. The first-order valence-corrected chi connectivity index (χ1v) is 8.49. The fraction of sp³-hybridized carbons (Fsp3) is 0.167. The Morgan fingerprint density at radius 1 is 1.19 bits per heavy atom. The van der Waals surface area contributed by atoms with Crippen LogP contribution in [-0.2, 0) is 4.79 Å². The molecule has 3 rings (SSSR count). The number of Topliss-reactive ketones (excluding diaryl/α,β-unsaturated/α-hetero) is 1. The predicted molar refractivity (Wildman–Crippen MR) is 94.7 cm³/mol. The number of carbonyl (C=O) groups excluding carboxylic acids is 2. The van der Waals surface area contributed by atoms with Crippen molar-refractivity contribution in [2.45, 2.75) is 20.0 Å². The molecule has 0 radical (unpaired) electrons. The van der Waals surface area contributed by atoms with E-state index < -0.39 is 23.6 Å². The maximum absolute atomic E-state index is 13.3. The number of ether oxygens (including phenoxy) is 1. The first kappa shape index (κ1) is 17.9. The standard InChI is InChI=1S/C18H14F2N2O3S/c1-9(23)11-4-3-5-12(6-11)25-10(2)17(24)22-18-21-15-7-13(19)14(20)8-16(15)26-18/h3-8,10H,1-2H3,(H,21,22,24). The summed E-state index contributed by atoms with van der Waals surface area (Å²) >= 11 is 1.03. The SMILES string of the molecule is CC(=O)c1cccc(OC(C)C(=O)Nc2nc3cc(F)c(F)cc3s2)c1. The number of rotatable bonds is 5. The second kappa shape index (κ2) is 7.17. The molecule has 8 heteroatoms. The number of carbonyl (C=O) groups is 2. The Kier molecular flexibility index (Phi) is 4.94. The number of amides is 1. The van der Waals surface area contributed by atoms with Gasteiger partial charge in [-0.25, -0.2) is 13.8 Å². The van der Waals surface area contributed by atoms with E-state index in [-0.39, 0.29) is 16.4 Å². The van der Waals surface area contributed by atoms with Crippen LogP contribution in [0.2, 0.25) is 0 Å². The number of aromatic nitrogens is 1. The molecule has 5 nitrogen and oxygen atoms in total. The summed E-state index contributed by atoms with van der Waals surface area (Å²) in [5.41, 5.74) is 0.734. The summed E-state index contributed by atoms with van der Waals surface area (Å²) in [6.45, 7) is 2.98. The number of hydrogen-bond donors (Lipinski definition) is 1. The summed E-state index contributed by atoms with van der Waals surface area (Å²) in [7, 11) is 0. The van der Waals surface area contributed by atoms with Gasteiger partial charge in [0, 0.05) is 11.6 Å². The highest BCUT2D eigenvalue weighted by Gasteiger charge is 2.18. The van der Waals surface area contributed by atoms with Gasteiger partial charge in [-0.3, -0.25) is 14.9 Å². The Hall–Kier alpha value is -2.87. The number of thiazole rings is 1. The molecule has 2 aromatic carbocycles. The van der Waals surface area contributed by atoms with Gasteiger partial charge < -0.3 is 4.74 Å². The summed E-state index contributed by atoms with van der Waals surface area (Å²) in [5.74, 6) is -2.17. The lowest BCUT2D eigenvalue weighted by Gasteiger charge is -2.14. The topological polar surface area (TPSA) is 68.3 Å². The molecule has 134 valence electrons. The van der Waals surface area contributed by atoms with Crippen molar-refractivity contribution < 1.29 is 23.1 Å². The summed E-state index contributed by atoms with van der Waals surface area (Å²) in [6, 6.07) is 8.51. The molecule has 0 bridgehead atoms. The van der Waals surface area contributed by atoms with E-state index in [1.807, 2.05) is 0 Å². The molecule has 0 aliphatic carbocycles. The van der Waals surface area contributed by atoms with Gasteiger partial charge in [0.25, 0.3) is 5.91 Å². The van der Waals surface area contributed by atoms with Gasteiger partial charge in [-0.15, -0.1) is 0 Å². The number of ketones is 1. The van der Waals surface area contributed by atoms with Gasteiger partial charge in [0.15, 0.2) is 28.7 Å². The van der Waals surface area contributed by atoms with Crippen LogP contribution in [0, 0.1) is 11.6 Å². The molecule has 0 spiro atoms. The zero-order chi connectivity index (χ0) is 18.8. The van der Waals surface area contributed by atoms with Crippen LogP contribution in [0.15, 0.2) is 36.4 Å². The van der Waals surface area contributed by atoms with E-state index in [0.29, 0.717) is 16.0 Å². The lowest BCUT2D eigenvalue weighted by Crippen LogP contribution is -2.30. The second-order valence-electron chi connectivity index (χ2n) is 5.59. The molecular formula is C18H14F2N2O3S. The summed E-state index contributed by atoms with van der Waals surface area (Å²) in [5, 5.41) is 2.77. The largest absolute Gasteiger partial charge is 0.481 e. The molecule has 1 atom stereocenters. The van der Waals surface area contributed by atoms with Crippen LogP contribution >= 0.6 is 11.3 Å². The van der Waals surface area contributed by atoms with Crippen molar-refractivity contribution in [2.75, 3.05) is 5.32 Å². The van der Waals surface area contributed by atoms with Crippen molar-refractivity contribution in [3.8, 4) is 5.75 Å². The van der Waals surface area contributed by atoms with Crippen LogP contribution in [0.4, 0.5) is 13.9 Å². The summed E-state index contributed by atoms with van der Waals surface area (Å²) < 4.78 is 32.5. The molecule has 3 aromatic rings. The fourth-order valence-electron chi connectivity index (χ4n) is 2.23. The fourth-order valence-corrected chi connectivity index (χ4v) is 3.11. The second-order valence-corrected chi connectivity index (χ2v) is 6.62. The van der Waals surface area contributed by atoms with Gasteiger partial charge in [-0.05, 0) is 32.0 Å². The summed E-state index contributed by atoms with van der Waals surface area (Å²) in [4.78, 5) is 27.7. The molecule has 26 heavy (non-hydrogen) atoms. The minimum Gasteiger partial charge on any atom is -0.481 e.